The average Bonchev–Trinajstić information content (AvgIpc) is 3.11. The Balaban J connectivity index is 1.69. The number of hydrogen-bond donors (Lipinski definition) is 1. The first kappa shape index (κ1) is 19.9. The summed E-state index contributed by atoms with van der Waals surface area (Å²) >= 11 is 1.03. The van der Waals surface area contributed by atoms with Crippen molar-refractivity contribution < 1.29 is 17.9 Å². The second-order valence-electron chi connectivity index (χ2n) is 7.09. The van der Waals surface area contributed by atoms with E-state index < -0.39 is 20.5 Å². The fourth-order valence-electron chi connectivity index (χ4n) is 2.80. The minimum Gasteiger partial charge on any atom is -0.381 e. The van der Waals surface area contributed by atoms with E-state index >= 15 is 0 Å². The van der Waals surface area contributed by atoms with Crippen molar-refractivity contribution in [2.75, 3.05) is 24.3 Å². The average molecular weight is 410 g/mol. The number of carbonyl (C=O) groups excluding carboxylic acids is 1. The van der Waals surface area contributed by atoms with Crippen LogP contribution in [0, 0.1) is 5.92 Å². The van der Waals surface area contributed by atoms with Gasteiger partial charge in [0.1, 0.15) is 4.75 Å². The zero-order valence-electron chi connectivity index (χ0n) is 15.3. The molecule has 0 saturated carbocycles. The van der Waals surface area contributed by atoms with E-state index in [1.165, 1.54) is 13.8 Å². The van der Waals surface area contributed by atoms with Gasteiger partial charge >= 0.3 is 0 Å². The molecular weight excluding hydrogens is 386 g/mol. The minimum atomic E-state index is -3.64. The number of ether oxygens (including phenoxy) is 1. The molecule has 1 N–H and O–H groups in total. The quantitative estimate of drug-likeness (QED) is 0.788. The first-order valence-corrected chi connectivity index (χ1v) is 11.2. The van der Waals surface area contributed by atoms with Gasteiger partial charge in [0.15, 0.2) is 15.7 Å². The number of anilines is 1. The number of aromatic nitrogens is 2. The summed E-state index contributed by atoms with van der Waals surface area (Å²) in [6, 6.07) is 9.39. The highest BCUT2D eigenvalue weighted by molar-refractivity contribution is 7.93. The van der Waals surface area contributed by atoms with Crippen LogP contribution in [-0.4, -0.2) is 47.4 Å². The predicted octanol–water partition coefficient (Wildman–Crippen LogP) is 2.76. The molecular formula is C18H23N3O4S2. The Bertz CT molecular complexity index is 888. The van der Waals surface area contributed by atoms with E-state index in [1.54, 1.807) is 0 Å². The fourth-order valence-corrected chi connectivity index (χ4v) is 5.09. The van der Waals surface area contributed by atoms with Crippen LogP contribution < -0.4 is 5.32 Å². The van der Waals surface area contributed by atoms with E-state index in [2.05, 4.69) is 14.7 Å². The first-order chi connectivity index (χ1) is 12.8. The Morgan fingerprint density at radius 1 is 1.26 bits per heavy atom. The van der Waals surface area contributed by atoms with Crippen molar-refractivity contribution in [1.82, 2.24) is 9.36 Å². The van der Waals surface area contributed by atoms with Crippen molar-refractivity contribution in [1.29, 1.82) is 0 Å². The van der Waals surface area contributed by atoms with Gasteiger partial charge in [-0.1, -0.05) is 30.3 Å². The van der Waals surface area contributed by atoms with Crippen LogP contribution in [0.4, 0.5) is 5.13 Å². The third-order valence-corrected chi connectivity index (χ3v) is 8.08. The van der Waals surface area contributed by atoms with E-state index in [0.717, 1.165) is 17.1 Å². The summed E-state index contributed by atoms with van der Waals surface area (Å²) in [5.41, 5.74) is 0.834. The number of nitrogens with zero attached hydrogens (tertiary/aromatic N) is 2. The molecule has 1 aliphatic heterocycles. The van der Waals surface area contributed by atoms with Crippen LogP contribution in [0.3, 0.4) is 0 Å². The van der Waals surface area contributed by atoms with Crippen LogP contribution in [0.25, 0.3) is 11.4 Å². The van der Waals surface area contributed by atoms with Gasteiger partial charge in [0.2, 0.25) is 11.0 Å². The lowest BCUT2D eigenvalue weighted by molar-refractivity contribution is -0.117. The maximum atomic E-state index is 12.8. The Morgan fingerprint density at radius 2 is 1.93 bits per heavy atom. The molecule has 1 aliphatic rings. The maximum absolute atomic E-state index is 12.8. The molecule has 1 fully saturated rings. The van der Waals surface area contributed by atoms with Gasteiger partial charge in [0.05, 0.1) is 5.75 Å². The molecule has 1 aromatic carbocycles. The highest BCUT2D eigenvalue weighted by Gasteiger charge is 2.43. The fraction of sp³-hybridized carbons (Fsp3) is 0.500. The van der Waals surface area contributed by atoms with Crippen molar-refractivity contribution in [2.24, 2.45) is 5.92 Å². The van der Waals surface area contributed by atoms with Crippen LogP contribution >= 0.6 is 11.5 Å². The topological polar surface area (TPSA) is 98.3 Å². The minimum absolute atomic E-state index is 0.0117. The van der Waals surface area contributed by atoms with E-state index in [-0.39, 0.29) is 16.8 Å². The van der Waals surface area contributed by atoms with Crippen LogP contribution in [-0.2, 0) is 19.4 Å². The number of rotatable bonds is 6. The van der Waals surface area contributed by atoms with E-state index in [4.69, 9.17) is 4.74 Å². The van der Waals surface area contributed by atoms with Crippen LogP contribution in [0.1, 0.15) is 26.7 Å². The number of hydrogen-bond acceptors (Lipinski definition) is 7. The molecule has 3 rings (SSSR count). The molecule has 0 unspecified atom stereocenters. The third kappa shape index (κ3) is 4.53. The Hall–Kier alpha value is -1.84. The lowest BCUT2D eigenvalue weighted by atomic mass is 10.0. The van der Waals surface area contributed by atoms with E-state index in [1.807, 2.05) is 30.3 Å². The van der Waals surface area contributed by atoms with Gasteiger partial charge in [-0.3, -0.25) is 10.1 Å². The van der Waals surface area contributed by atoms with Gasteiger partial charge in [0.25, 0.3) is 0 Å². The molecule has 27 heavy (non-hydrogen) atoms. The van der Waals surface area contributed by atoms with Crippen LogP contribution in [0.2, 0.25) is 0 Å². The molecule has 0 atom stereocenters. The molecule has 0 aliphatic carbocycles. The normalized spacial score (nSPS) is 16.2. The second-order valence-corrected chi connectivity index (χ2v) is 10.4. The molecule has 0 radical (unpaired) electrons. The molecule has 7 nitrogen and oxygen atoms in total. The number of amides is 1. The molecule has 9 heteroatoms. The summed E-state index contributed by atoms with van der Waals surface area (Å²) in [6.07, 6.45) is 1.40. The van der Waals surface area contributed by atoms with Gasteiger partial charge in [-0.15, -0.1) is 0 Å². The van der Waals surface area contributed by atoms with Gasteiger partial charge in [-0.25, -0.2) is 8.42 Å². The Morgan fingerprint density at radius 3 is 2.59 bits per heavy atom. The summed E-state index contributed by atoms with van der Waals surface area (Å²) < 4.78 is 33.6. The smallest absolute Gasteiger partial charge is 0.247 e. The molecule has 1 aromatic heterocycles. The van der Waals surface area contributed by atoms with Gasteiger partial charge < -0.3 is 4.74 Å². The summed E-state index contributed by atoms with van der Waals surface area (Å²) in [6.45, 7) is 4.02. The number of nitrogens with one attached hydrogen (secondary N) is 1. The molecule has 2 heterocycles. The SMILES string of the molecule is CC(C)(C(=O)Nc1nc(-c2ccccc2)ns1)S(=O)(=O)CC1CCOCC1. The summed E-state index contributed by atoms with van der Waals surface area (Å²) in [4.78, 5) is 17.0. The standard InChI is InChI=1S/C18H23N3O4S2/c1-18(2,27(23,24)12-13-8-10-25-11-9-13)16(22)20-17-19-15(21-26-17)14-6-4-3-5-7-14/h3-7,13H,8-12H2,1-2H3,(H,19,20,21,22). The lowest BCUT2D eigenvalue weighted by Gasteiger charge is -2.28. The van der Waals surface area contributed by atoms with Crippen molar-refractivity contribution in [3.8, 4) is 11.4 Å². The summed E-state index contributed by atoms with van der Waals surface area (Å²) in [5, 5.41) is 2.90. The first-order valence-electron chi connectivity index (χ1n) is 8.80. The molecule has 0 bridgehead atoms. The zero-order valence-corrected chi connectivity index (χ0v) is 17.0. The number of carbonyl (C=O) groups is 1. The van der Waals surface area contributed by atoms with Crippen molar-refractivity contribution >= 4 is 32.4 Å². The third-order valence-electron chi connectivity index (χ3n) is 4.80. The largest absolute Gasteiger partial charge is 0.381 e. The molecule has 0 spiro atoms. The van der Waals surface area contributed by atoms with Crippen LogP contribution in [0.5, 0.6) is 0 Å². The second kappa shape index (κ2) is 8.04. The Kier molecular flexibility index (Phi) is 5.92. The van der Waals surface area contributed by atoms with E-state index in [0.29, 0.717) is 31.9 Å². The predicted molar refractivity (Wildman–Crippen MR) is 105 cm³/mol. The highest BCUT2D eigenvalue weighted by Crippen LogP contribution is 2.27. The monoisotopic (exact) mass is 409 g/mol. The van der Waals surface area contributed by atoms with Crippen molar-refractivity contribution in [2.45, 2.75) is 31.4 Å². The summed E-state index contributed by atoms with van der Waals surface area (Å²) in [7, 11) is -3.64. The molecule has 1 amide bonds. The summed E-state index contributed by atoms with van der Waals surface area (Å²) in [5.74, 6) is -0.0755. The van der Waals surface area contributed by atoms with Gasteiger partial charge in [-0.2, -0.15) is 9.36 Å². The van der Waals surface area contributed by atoms with E-state index in [9.17, 15) is 13.2 Å². The Labute approximate surface area is 163 Å². The number of sulfone groups is 1. The number of benzene rings is 1. The maximum Gasteiger partial charge on any atom is 0.247 e. The van der Waals surface area contributed by atoms with Gasteiger partial charge in [-0.05, 0) is 32.6 Å². The van der Waals surface area contributed by atoms with Crippen molar-refractivity contribution in [3.63, 3.8) is 0 Å². The zero-order chi connectivity index (χ0) is 19.5. The molecule has 146 valence electrons. The molecule has 1 saturated heterocycles. The van der Waals surface area contributed by atoms with Crippen LogP contribution in [0.15, 0.2) is 30.3 Å². The highest BCUT2D eigenvalue weighted by atomic mass is 32.2. The van der Waals surface area contributed by atoms with Crippen molar-refractivity contribution in [3.05, 3.63) is 30.3 Å². The lowest BCUT2D eigenvalue weighted by Crippen LogP contribution is -2.47. The molecule has 2 aromatic rings. The van der Waals surface area contributed by atoms with Gasteiger partial charge in [0, 0.05) is 30.3 Å².